The Bertz CT molecular complexity index is 216. The zero-order valence-corrected chi connectivity index (χ0v) is 7.77. The molecule has 0 aromatic carbocycles. The highest BCUT2D eigenvalue weighted by atomic mass is 32.1. The van der Waals surface area contributed by atoms with Crippen LogP contribution in [0.4, 0.5) is 0 Å². The van der Waals surface area contributed by atoms with Gasteiger partial charge in [0, 0.05) is 11.4 Å². The van der Waals surface area contributed by atoms with Gasteiger partial charge in [0.1, 0.15) is 0 Å². The van der Waals surface area contributed by atoms with Crippen LogP contribution in [0.3, 0.4) is 0 Å². The molecule has 2 heterocycles. The minimum atomic E-state index is 0.437. The highest BCUT2D eigenvalue weighted by Crippen LogP contribution is 2.12. The van der Waals surface area contributed by atoms with E-state index in [0.29, 0.717) is 6.10 Å². The summed E-state index contributed by atoms with van der Waals surface area (Å²) in [6, 6.07) is 4.18. The van der Waals surface area contributed by atoms with Gasteiger partial charge in [-0.2, -0.15) is 0 Å². The molecule has 2 nitrogen and oxygen atoms in total. The van der Waals surface area contributed by atoms with Crippen molar-refractivity contribution in [2.45, 2.75) is 19.1 Å². The van der Waals surface area contributed by atoms with Crippen LogP contribution < -0.4 is 5.32 Å². The zero-order chi connectivity index (χ0) is 8.23. The smallest absolute Gasteiger partial charge is 0.0813 e. The molecule has 66 valence electrons. The van der Waals surface area contributed by atoms with Crippen LogP contribution in [-0.2, 0) is 11.3 Å². The Balaban J connectivity index is 1.74. The molecule has 1 N–H and O–H groups in total. The predicted octanol–water partition coefficient (Wildman–Crippen LogP) is 1.63. The molecular weight excluding hydrogens is 170 g/mol. The minimum absolute atomic E-state index is 0.437. The second-order valence-electron chi connectivity index (χ2n) is 3.01. The van der Waals surface area contributed by atoms with Crippen molar-refractivity contribution >= 4 is 11.3 Å². The van der Waals surface area contributed by atoms with Crippen molar-refractivity contribution in [3.05, 3.63) is 22.4 Å². The van der Waals surface area contributed by atoms with E-state index in [1.54, 1.807) is 11.3 Å². The molecule has 2 rings (SSSR count). The van der Waals surface area contributed by atoms with E-state index >= 15 is 0 Å². The van der Waals surface area contributed by atoms with Crippen molar-refractivity contribution in [1.82, 2.24) is 5.32 Å². The number of ether oxygens (including phenoxy) is 1. The van der Waals surface area contributed by atoms with Crippen LogP contribution in [0.25, 0.3) is 0 Å². The summed E-state index contributed by atoms with van der Waals surface area (Å²) < 4.78 is 5.70. The summed E-state index contributed by atoms with van der Waals surface area (Å²) in [7, 11) is 0. The number of hydrogen-bond acceptors (Lipinski definition) is 3. The van der Waals surface area contributed by atoms with Crippen LogP contribution in [0, 0.1) is 0 Å². The molecule has 0 radical (unpaired) electrons. The molecule has 1 saturated heterocycles. The number of nitrogens with one attached hydrogen (secondary N) is 1. The number of rotatable bonds is 3. The van der Waals surface area contributed by atoms with Gasteiger partial charge in [-0.3, -0.25) is 0 Å². The van der Waals surface area contributed by atoms with Gasteiger partial charge in [0.05, 0.1) is 12.7 Å². The molecule has 0 spiro atoms. The van der Waals surface area contributed by atoms with Gasteiger partial charge in [0.25, 0.3) is 0 Å². The first-order valence-corrected chi connectivity index (χ1v) is 5.18. The van der Waals surface area contributed by atoms with Gasteiger partial charge in [0.15, 0.2) is 0 Å². The molecule has 1 fully saturated rings. The van der Waals surface area contributed by atoms with Gasteiger partial charge in [0.2, 0.25) is 0 Å². The fourth-order valence-electron chi connectivity index (χ4n) is 1.37. The van der Waals surface area contributed by atoms with Gasteiger partial charge in [-0.25, -0.2) is 0 Å². The first-order chi connectivity index (χ1) is 5.95. The van der Waals surface area contributed by atoms with E-state index in [2.05, 4.69) is 22.8 Å². The van der Waals surface area contributed by atoms with Crippen LogP contribution in [-0.4, -0.2) is 19.2 Å². The number of thiophene rings is 1. The topological polar surface area (TPSA) is 21.3 Å². The van der Waals surface area contributed by atoms with E-state index in [1.807, 2.05) is 0 Å². The molecule has 0 bridgehead atoms. The lowest BCUT2D eigenvalue weighted by molar-refractivity contribution is 0.0559. The van der Waals surface area contributed by atoms with Gasteiger partial charge < -0.3 is 10.1 Å². The molecule has 1 aromatic heterocycles. The maximum absolute atomic E-state index is 5.70. The monoisotopic (exact) mass is 183 g/mol. The predicted molar refractivity (Wildman–Crippen MR) is 50.4 cm³/mol. The maximum atomic E-state index is 5.70. The SMILES string of the molecule is c1csc(COC2CCNC2)c1. The highest BCUT2D eigenvalue weighted by molar-refractivity contribution is 7.09. The first kappa shape index (κ1) is 8.23. The van der Waals surface area contributed by atoms with E-state index in [9.17, 15) is 0 Å². The second kappa shape index (κ2) is 4.03. The third-order valence-electron chi connectivity index (χ3n) is 2.06. The molecule has 1 aliphatic heterocycles. The van der Waals surface area contributed by atoms with E-state index in [-0.39, 0.29) is 0 Å². The Morgan fingerprint density at radius 3 is 3.33 bits per heavy atom. The minimum Gasteiger partial charge on any atom is -0.371 e. The molecule has 1 unspecified atom stereocenters. The molecule has 1 aliphatic rings. The molecule has 3 heteroatoms. The third-order valence-corrected chi connectivity index (χ3v) is 2.91. The van der Waals surface area contributed by atoms with Gasteiger partial charge in [-0.1, -0.05) is 6.07 Å². The average molecular weight is 183 g/mol. The number of hydrogen-bond donors (Lipinski definition) is 1. The molecule has 1 atom stereocenters. The fourth-order valence-corrected chi connectivity index (χ4v) is 1.99. The Labute approximate surface area is 76.6 Å². The van der Waals surface area contributed by atoms with Crippen LogP contribution in [0.15, 0.2) is 17.5 Å². The second-order valence-corrected chi connectivity index (χ2v) is 4.04. The van der Waals surface area contributed by atoms with E-state index < -0.39 is 0 Å². The molecule has 0 amide bonds. The Morgan fingerprint density at radius 1 is 1.67 bits per heavy atom. The van der Waals surface area contributed by atoms with Crippen molar-refractivity contribution in [3.8, 4) is 0 Å². The summed E-state index contributed by atoms with van der Waals surface area (Å²) in [6.07, 6.45) is 1.60. The van der Waals surface area contributed by atoms with E-state index in [0.717, 1.165) is 26.1 Å². The Morgan fingerprint density at radius 2 is 2.67 bits per heavy atom. The summed E-state index contributed by atoms with van der Waals surface area (Å²) in [5, 5.41) is 5.37. The van der Waals surface area contributed by atoms with E-state index in [1.165, 1.54) is 4.88 Å². The van der Waals surface area contributed by atoms with Gasteiger partial charge in [-0.05, 0) is 24.4 Å². The van der Waals surface area contributed by atoms with Crippen LogP contribution >= 0.6 is 11.3 Å². The van der Waals surface area contributed by atoms with Gasteiger partial charge >= 0.3 is 0 Å². The lowest BCUT2D eigenvalue weighted by atomic mass is 10.3. The Hall–Kier alpha value is -0.380. The molecule has 12 heavy (non-hydrogen) atoms. The maximum Gasteiger partial charge on any atom is 0.0813 e. The summed E-state index contributed by atoms with van der Waals surface area (Å²) in [5.41, 5.74) is 0. The van der Waals surface area contributed by atoms with Crippen LogP contribution in [0.1, 0.15) is 11.3 Å². The van der Waals surface area contributed by atoms with Crippen molar-refractivity contribution < 1.29 is 4.74 Å². The molecule has 1 aromatic rings. The lowest BCUT2D eigenvalue weighted by Gasteiger charge is -2.08. The standard InChI is InChI=1S/C9H13NOS/c1-2-9(12-5-1)7-11-8-3-4-10-6-8/h1-2,5,8,10H,3-4,6-7H2. The summed E-state index contributed by atoms with van der Waals surface area (Å²) in [4.78, 5) is 1.32. The fraction of sp³-hybridized carbons (Fsp3) is 0.556. The zero-order valence-electron chi connectivity index (χ0n) is 6.95. The lowest BCUT2D eigenvalue weighted by Crippen LogP contribution is -2.16. The average Bonchev–Trinajstić information content (AvgIpc) is 2.74. The molecule has 0 saturated carbocycles. The van der Waals surface area contributed by atoms with Crippen LogP contribution in [0.2, 0.25) is 0 Å². The molecule has 0 aliphatic carbocycles. The Kier molecular flexibility index (Phi) is 2.76. The van der Waals surface area contributed by atoms with Gasteiger partial charge in [-0.15, -0.1) is 11.3 Å². The first-order valence-electron chi connectivity index (χ1n) is 4.30. The van der Waals surface area contributed by atoms with Crippen molar-refractivity contribution in [2.75, 3.05) is 13.1 Å². The largest absolute Gasteiger partial charge is 0.371 e. The van der Waals surface area contributed by atoms with Crippen LogP contribution in [0.5, 0.6) is 0 Å². The highest BCUT2D eigenvalue weighted by Gasteiger charge is 2.14. The van der Waals surface area contributed by atoms with Crippen molar-refractivity contribution in [1.29, 1.82) is 0 Å². The van der Waals surface area contributed by atoms with Crippen molar-refractivity contribution in [3.63, 3.8) is 0 Å². The van der Waals surface area contributed by atoms with Crippen molar-refractivity contribution in [2.24, 2.45) is 0 Å². The summed E-state index contributed by atoms with van der Waals surface area (Å²) >= 11 is 1.76. The van der Waals surface area contributed by atoms with E-state index in [4.69, 9.17) is 4.74 Å². The normalized spacial score (nSPS) is 23.2. The summed E-state index contributed by atoms with van der Waals surface area (Å²) in [5.74, 6) is 0. The third kappa shape index (κ3) is 2.06. The summed E-state index contributed by atoms with van der Waals surface area (Å²) in [6.45, 7) is 2.91. The molecular formula is C9H13NOS. The quantitative estimate of drug-likeness (QED) is 0.769.